The molecule has 0 unspecified atom stereocenters. The van der Waals surface area contributed by atoms with E-state index in [4.69, 9.17) is 9.47 Å². The minimum absolute atomic E-state index is 0.0839. The summed E-state index contributed by atoms with van der Waals surface area (Å²) in [6.45, 7) is 5.12. The smallest absolute Gasteiger partial charge is 0.322 e. The zero-order valence-electron chi connectivity index (χ0n) is 21.8. The zero-order chi connectivity index (χ0) is 26.8. The van der Waals surface area contributed by atoms with Crippen LogP contribution in [0.25, 0.3) is 0 Å². The number of hydrogen-bond acceptors (Lipinski definition) is 5. The number of carbonyl (C=O) groups excluding carboxylic acids is 2. The number of halogens is 1. The van der Waals surface area contributed by atoms with Crippen molar-refractivity contribution >= 4 is 29.0 Å². The number of nitrogens with one attached hydrogen (secondary N) is 1. The maximum Gasteiger partial charge on any atom is 0.322 e. The molecule has 0 fully saturated rings. The van der Waals surface area contributed by atoms with Crippen LogP contribution in [-0.2, 0) is 17.8 Å². The molecular weight excluding hydrogens is 493 g/mol. The van der Waals surface area contributed by atoms with Gasteiger partial charge in [0.25, 0.3) is 0 Å². The highest BCUT2D eigenvalue weighted by Crippen LogP contribution is 2.28. The van der Waals surface area contributed by atoms with Gasteiger partial charge in [-0.1, -0.05) is 25.1 Å². The third kappa shape index (κ3) is 7.69. The zero-order valence-corrected chi connectivity index (χ0v) is 22.6. The van der Waals surface area contributed by atoms with Gasteiger partial charge in [-0.25, -0.2) is 9.18 Å². The Kier molecular flexibility index (Phi) is 10.3. The highest BCUT2D eigenvalue weighted by atomic mass is 32.1. The van der Waals surface area contributed by atoms with Gasteiger partial charge in [-0.05, 0) is 66.6 Å². The number of amides is 3. The lowest BCUT2D eigenvalue weighted by Gasteiger charge is -2.28. The van der Waals surface area contributed by atoms with Crippen LogP contribution in [0.3, 0.4) is 0 Å². The summed E-state index contributed by atoms with van der Waals surface area (Å²) in [6.07, 6.45) is 1.26. The highest BCUT2D eigenvalue weighted by molar-refractivity contribution is 7.10. The highest BCUT2D eigenvalue weighted by Gasteiger charge is 2.23. The molecule has 2 aromatic carbocycles. The van der Waals surface area contributed by atoms with E-state index in [1.165, 1.54) is 17.0 Å². The molecular formula is C28H34FN3O4S. The Balaban J connectivity index is 1.75. The van der Waals surface area contributed by atoms with Crippen LogP contribution in [0.1, 0.15) is 29.3 Å². The summed E-state index contributed by atoms with van der Waals surface area (Å²) in [5, 5.41) is 4.60. The second kappa shape index (κ2) is 13.6. The van der Waals surface area contributed by atoms with E-state index in [2.05, 4.69) is 5.32 Å². The fraction of sp³-hybridized carbons (Fsp3) is 0.357. The van der Waals surface area contributed by atoms with E-state index in [1.54, 1.807) is 42.6 Å². The first-order chi connectivity index (χ1) is 17.9. The molecule has 1 N–H and O–H groups in total. The molecule has 198 valence electrons. The Morgan fingerprint density at radius 2 is 1.76 bits per heavy atom. The summed E-state index contributed by atoms with van der Waals surface area (Å²) in [5.41, 5.74) is 2.21. The summed E-state index contributed by atoms with van der Waals surface area (Å²) in [4.78, 5) is 30.8. The fourth-order valence-electron chi connectivity index (χ4n) is 3.87. The molecule has 0 spiro atoms. The first-order valence-corrected chi connectivity index (χ1v) is 13.1. The lowest BCUT2D eigenvalue weighted by Crippen LogP contribution is -2.45. The molecule has 0 saturated carbocycles. The SMILES string of the molecule is CCCN(CC(=O)N(CCc1ccc(OC)c(OC)c1)Cc1sccc1C)C(=O)Nc1ccccc1F. The standard InChI is InChI=1S/C28H34FN3O4S/c1-5-14-32(28(34)30-23-9-7-6-8-22(23)29)19-27(33)31(18-26-20(2)13-16-37-26)15-12-21-10-11-24(35-3)25(17-21)36-4/h6-11,13,16-17H,5,12,14-15,18-19H2,1-4H3,(H,30,34). The van der Waals surface area contributed by atoms with E-state index < -0.39 is 11.8 Å². The summed E-state index contributed by atoms with van der Waals surface area (Å²) in [5.74, 6) is 0.573. The van der Waals surface area contributed by atoms with Crippen LogP contribution in [0, 0.1) is 12.7 Å². The minimum Gasteiger partial charge on any atom is -0.493 e. The molecule has 0 aliphatic rings. The van der Waals surface area contributed by atoms with E-state index in [0.29, 0.717) is 44.0 Å². The molecule has 0 aliphatic carbocycles. The summed E-state index contributed by atoms with van der Waals surface area (Å²) in [7, 11) is 3.18. The average Bonchev–Trinajstić information content (AvgIpc) is 3.31. The minimum atomic E-state index is -0.525. The fourth-order valence-corrected chi connectivity index (χ4v) is 4.79. The van der Waals surface area contributed by atoms with Crippen molar-refractivity contribution < 1.29 is 23.5 Å². The predicted octanol–water partition coefficient (Wildman–Crippen LogP) is 5.73. The molecule has 1 aromatic heterocycles. The molecule has 3 rings (SSSR count). The third-order valence-electron chi connectivity index (χ3n) is 6.00. The number of ether oxygens (including phenoxy) is 2. The van der Waals surface area contributed by atoms with Crippen LogP contribution < -0.4 is 14.8 Å². The topological polar surface area (TPSA) is 71.1 Å². The Hall–Kier alpha value is -3.59. The maximum atomic E-state index is 14.1. The third-order valence-corrected chi connectivity index (χ3v) is 7.00. The van der Waals surface area contributed by atoms with Crippen molar-refractivity contribution in [2.45, 2.75) is 33.2 Å². The monoisotopic (exact) mass is 527 g/mol. The van der Waals surface area contributed by atoms with E-state index in [1.807, 2.05) is 43.5 Å². The molecule has 0 radical (unpaired) electrons. The summed E-state index contributed by atoms with van der Waals surface area (Å²) < 4.78 is 24.8. The molecule has 1 heterocycles. The van der Waals surface area contributed by atoms with E-state index >= 15 is 0 Å². The predicted molar refractivity (Wildman–Crippen MR) is 145 cm³/mol. The van der Waals surface area contributed by atoms with Gasteiger partial charge in [0.05, 0.1) is 26.5 Å². The van der Waals surface area contributed by atoms with Crippen LogP contribution in [0.5, 0.6) is 11.5 Å². The molecule has 0 saturated heterocycles. The number of benzene rings is 2. The average molecular weight is 528 g/mol. The number of aryl methyl sites for hydroxylation is 1. The van der Waals surface area contributed by atoms with E-state index in [9.17, 15) is 14.0 Å². The lowest BCUT2D eigenvalue weighted by molar-refractivity contribution is -0.132. The van der Waals surface area contributed by atoms with Crippen LogP contribution in [0.2, 0.25) is 0 Å². The van der Waals surface area contributed by atoms with Gasteiger partial charge in [0.15, 0.2) is 11.5 Å². The Bertz CT molecular complexity index is 1200. The van der Waals surface area contributed by atoms with Crippen molar-refractivity contribution in [1.29, 1.82) is 0 Å². The van der Waals surface area contributed by atoms with Crippen molar-refractivity contribution in [1.82, 2.24) is 9.80 Å². The van der Waals surface area contributed by atoms with Crippen molar-refractivity contribution in [2.75, 3.05) is 39.2 Å². The molecule has 0 atom stereocenters. The van der Waals surface area contributed by atoms with Crippen LogP contribution in [0.4, 0.5) is 14.9 Å². The number of urea groups is 1. The van der Waals surface area contributed by atoms with E-state index in [-0.39, 0.29) is 18.1 Å². The van der Waals surface area contributed by atoms with Gasteiger partial charge in [0, 0.05) is 18.0 Å². The van der Waals surface area contributed by atoms with Crippen LogP contribution >= 0.6 is 11.3 Å². The van der Waals surface area contributed by atoms with Gasteiger partial charge >= 0.3 is 6.03 Å². The number of methoxy groups -OCH3 is 2. The number of nitrogens with zero attached hydrogens (tertiary/aromatic N) is 2. The second-order valence-electron chi connectivity index (χ2n) is 8.61. The Morgan fingerprint density at radius 1 is 1.00 bits per heavy atom. The summed E-state index contributed by atoms with van der Waals surface area (Å²) >= 11 is 1.60. The Morgan fingerprint density at radius 3 is 2.41 bits per heavy atom. The number of carbonyl (C=O) groups is 2. The number of thiophene rings is 1. The maximum absolute atomic E-state index is 14.1. The molecule has 3 amide bonds. The number of hydrogen-bond donors (Lipinski definition) is 1. The van der Waals surface area contributed by atoms with Gasteiger partial charge in [0.2, 0.25) is 5.91 Å². The van der Waals surface area contributed by atoms with E-state index in [0.717, 1.165) is 16.0 Å². The largest absolute Gasteiger partial charge is 0.493 e. The van der Waals surface area contributed by atoms with Crippen molar-refractivity contribution in [3.05, 3.63) is 75.7 Å². The molecule has 37 heavy (non-hydrogen) atoms. The van der Waals surface area contributed by atoms with Crippen molar-refractivity contribution in [3.63, 3.8) is 0 Å². The van der Waals surface area contributed by atoms with Crippen molar-refractivity contribution in [2.24, 2.45) is 0 Å². The normalized spacial score (nSPS) is 10.6. The quantitative estimate of drug-likeness (QED) is 0.327. The second-order valence-corrected chi connectivity index (χ2v) is 9.61. The van der Waals surface area contributed by atoms with Gasteiger partial charge < -0.3 is 24.6 Å². The van der Waals surface area contributed by atoms with Gasteiger partial charge in [0.1, 0.15) is 12.4 Å². The number of para-hydroxylation sites is 1. The molecule has 0 aliphatic heterocycles. The van der Waals surface area contributed by atoms with Gasteiger partial charge in [-0.3, -0.25) is 4.79 Å². The number of anilines is 1. The molecule has 9 heteroatoms. The van der Waals surface area contributed by atoms with Crippen LogP contribution in [-0.4, -0.2) is 55.6 Å². The number of rotatable bonds is 12. The first kappa shape index (κ1) is 28.0. The van der Waals surface area contributed by atoms with Gasteiger partial charge in [-0.15, -0.1) is 11.3 Å². The van der Waals surface area contributed by atoms with Crippen LogP contribution in [0.15, 0.2) is 53.9 Å². The molecule has 3 aromatic rings. The lowest BCUT2D eigenvalue weighted by atomic mass is 10.1. The Labute approximate surface area is 221 Å². The molecule has 0 bridgehead atoms. The summed E-state index contributed by atoms with van der Waals surface area (Å²) in [6, 6.07) is 13.2. The first-order valence-electron chi connectivity index (χ1n) is 12.2. The molecule has 7 nitrogen and oxygen atoms in total. The van der Waals surface area contributed by atoms with Gasteiger partial charge in [-0.2, -0.15) is 0 Å². The van der Waals surface area contributed by atoms with Crippen molar-refractivity contribution in [3.8, 4) is 11.5 Å².